The molecule has 0 nitrogen and oxygen atoms in total. The van der Waals surface area contributed by atoms with Crippen LogP contribution in [0.5, 0.6) is 0 Å². The first-order valence-electron chi connectivity index (χ1n) is 6.84. The summed E-state index contributed by atoms with van der Waals surface area (Å²) in [5, 5.41) is 0. The molecule has 0 bridgehead atoms. The molecule has 1 atom stereocenters. The molecule has 1 aromatic rings. The largest absolute Gasteiger partial charge is 0.0903 e. The molecule has 0 amide bonds. The van der Waals surface area contributed by atoms with E-state index in [0.29, 0.717) is 5.92 Å². The maximum absolute atomic E-state index is 3.36. The minimum atomic E-state index is 0.220. The van der Waals surface area contributed by atoms with E-state index in [4.69, 9.17) is 0 Å². The molecule has 1 aromatic carbocycles. The number of hydrogen-bond acceptors (Lipinski definition) is 0. The second-order valence-electron chi connectivity index (χ2n) is 6.06. The van der Waals surface area contributed by atoms with E-state index >= 15 is 0 Å². The van der Waals surface area contributed by atoms with E-state index in [1.807, 2.05) is 0 Å². The molecule has 0 spiro atoms. The van der Waals surface area contributed by atoms with E-state index in [9.17, 15) is 0 Å². The zero-order valence-corrected chi connectivity index (χ0v) is 11.7. The molecule has 18 heavy (non-hydrogen) atoms. The van der Waals surface area contributed by atoms with E-state index in [0.717, 1.165) is 5.56 Å². The lowest BCUT2D eigenvalue weighted by Gasteiger charge is -2.18. The molecule has 1 unspecified atom stereocenters. The maximum Gasteiger partial charge on any atom is 0.0386 e. The van der Waals surface area contributed by atoms with Gasteiger partial charge >= 0.3 is 0 Å². The summed E-state index contributed by atoms with van der Waals surface area (Å²) in [6.07, 6.45) is 8.21. The van der Waals surface area contributed by atoms with Crippen molar-refractivity contribution in [3.8, 4) is 11.8 Å². The number of allylic oxidation sites excluding steroid dienone is 2. The van der Waals surface area contributed by atoms with Crippen molar-refractivity contribution in [1.29, 1.82) is 0 Å². The minimum Gasteiger partial charge on any atom is -0.0903 e. The van der Waals surface area contributed by atoms with Crippen LogP contribution in [0.1, 0.15) is 51.2 Å². The van der Waals surface area contributed by atoms with Crippen molar-refractivity contribution in [1.82, 2.24) is 0 Å². The zero-order valence-electron chi connectivity index (χ0n) is 11.7. The Kier molecular flexibility index (Phi) is 3.92. The summed E-state index contributed by atoms with van der Waals surface area (Å²) >= 11 is 0. The van der Waals surface area contributed by atoms with Crippen LogP contribution in [-0.2, 0) is 5.41 Å². The average molecular weight is 238 g/mol. The number of benzene rings is 1. The fourth-order valence-electron chi connectivity index (χ4n) is 2.16. The SMILES string of the molecule is CC(C)(C)c1ccc(C#CC2C=CCCC2)cc1. The number of hydrogen-bond donors (Lipinski definition) is 0. The molecule has 0 N–H and O–H groups in total. The lowest BCUT2D eigenvalue weighted by molar-refractivity contribution is 0.590. The Morgan fingerprint density at radius 2 is 1.83 bits per heavy atom. The third kappa shape index (κ3) is 3.50. The summed E-state index contributed by atoms with van der Waals surface area (Å²) in [5.74, 6) is 7.11. The summed E-state index contributed by atoms with van der Waals surface area (Å²) in [6, 6.07) is 8.67. The second kappa shape index (κ2) is 5.44. The third-order valence-electron chi connectivity index (χ3n) is 3.41. The highest BCUT2D eigenvalue weighted by molar-refractivity contribution is 5.38. The maximum atomic E-state index is 3.36. The molecule has 0 fully saturated rings. The molecule has 0 saturated carbocycles. The van der Waals surface area contributed by atoms with Gasteiger partial charge in [0.25, 0.3) is 0 Å². The summed E-state index contributed by atoms with van der Waals surface area (Å²) < 4.78 is 0. The highest BCUT2D eigenvalue weighted by Gasteiger charge is 2.12. The fourth-order valence-corrected chi connectivity index (χ4v) is 2.16. The van der Waals surface area contributed by atoms with Gasteiger partial charge in [-0.05, 0) is 42.4 Å². The molecular weight excluding hydrogens is 216 g/mol. The average Bonchev–Trinajstić information content (AvgIpc) is 2.37. The van der Waals surface area contributed by atoms with Crippen LogP contribution in [0.3, 0.4) is 0 Å². The first-order valence-corrected chi connectivity index (χ1v) is 6.84. The molecule has 0 aliphatic heterocycles. The highest BCUT2D eigenvalue weighted by atomic mass is 14.2. The van der Waals surface area contributed by atoms with E-state index in [1.165, 1.54) is 24.8 Å². The van der Waals surface area contributed by atoms with Crippen LogP contribution in [-0.4, -0.2) is 0 Å². The molecular formula is C18H22. The van der Waals surface area contributed by atoms with Crippen LogP contribution in [0.15, 0.2) is 36.4 Å². The quantitative estimate of drug-likeness (QED) is 0.454. The first-order chi connectivity index (χ1) is 8.55. The minimum absolute atomic E-state index is 0.220. The summed E-state index contributed by atoms with van der Waals surface area (Å²) in [7, 11) is 0. The van der Waals surface area contributed by atoms with E-state index < -0.39 is 0 Å². The van der Waals surface area contributed by atoms with Crippen LogP contribution in [0.25, 0.3) is 0 Å². The van der Waals surface area contributed by atoms with E-state index in [-0.39, 0.29) is 5.41 Å². The van der Waals surface area contributed by atoms with E-state index in [2.05, 4.69) is 69.0 Å². The molecule has 0 aromatic heterocycles. The Balaban J connectivity index is 2.09. The smallest absolute Gasteiger partial charge is 0.0386 e. The summed E-state index contributed by atoms with van der Waals surface area (Å²) in [5.41, 5.74) is 2.71. The molecule has 2 rings (SSSR count). The van der Waals surface area contributed by atoms with Crippen LogP contribution < -0.4 is 0 Å². The lowest BCUT2D eigenvalue weighted by atomic mass is 9.87. The Hall–Kier alpha value is -1.48. The van der Waals surface area contributed by atoms with Crippen molar-refractivity contribution in [3.05, 3.63) is 47.5 Å². The van der Waals surface area contributed by atoms with Crippen molar-refractivity contribution in [2.24, 2.45) is 5.92 Å². The van der Waals surface area contributed by atoms with E-state index in [1.54, 1.807) is 0 Å². The van der Waals surface area contributed by atoms with Gasteiger partial charge in [-0.3, -0.25) is 0 Å². The van der Waals surface area contributed by atoms with Crippen molar-refractivity contribution in [2.45, 2.75) is 45.4 Å². The fraction of sp³-hybridized carbons (Fsp3) is 0.444. The monoisotopic (exact) mass is 238 g/mol. The topological polar surface area (TPSA) is 0 Å². The third-order valence-corrected chi connectivity index (χ3v) is 3.41. The summed E-state index contributed by atoms with van der Waals surface area (Å²) in [4.78, 5) is 0. The van der Waals surface area contributed by atoms with Crippen LogP contribution in [0.4, 0.5) is 0 Å². The normalized spacial score (nSPS) is 19.2. The second-order valence-corrected chi connectivity index (χ2v) is 6.06. The van der Waals surface area contributed by atoms with Gasteiger partial charge in [0, 0.05) is 11.5 Å². The van der Waals surface area contributed by atoms with Gasteiger partial charge in [0.1, 0.15) is 0 Å². The van der Waals surface area contributed by atoms with Gasteiger partial charge in [0.05, 0.1) is 0 Å². The lowest BCUT2D eigenvalue weighted by Crippen LogP contribution is -2.10. The Morgan fingerprint density at radius 1 is 1.11 bits per heavy atom. The first kappa shape index (κ1) is 13.0. The van der Waals surface area contributed by atoms with Gasteiger partial charge in [-0.2, -0.15) is 0 Å². The van der Waals surface area contributed by atoms with Gasteiger partial charge in [0.15, 0.2) is 0 Å². The Labute approximate surface area is 111 Å². The van der Waals surface area contributed by atoms with Crippen LogP contribution in [0.2, 0.25) is 0 Å². The van der Waals surface area contributed by atoms with Gasteiger partial charge in [-0.25, -0.2) is 0 Å². The van der Waals surface area contributed by atoms with Gasteiger partial charge < -0.3 is 0 Å². The van der Waals surface area contributed by atoms with Crippen LogP contribution >= 0.6 is 0 Å². The molecule has 1 aliphatic carbocycles. The highest BCUT2D eigenvalue weighted by Crippen LogP contribution is 2.22. The Bertz CT molecular complexity index is 472. The van der Waals surface area contributed by atoms with Gasteiger partial charge in [-0.15, -0.1) is 0 Å². The Morgan fingerprint density at radius 3 is 2.39 bits per heavy atom. The molecule has 0 heterocycles. The van der Waals surface area contributed by atoms with Crippen molar-refractivity contribution in [2.75, 3.05) is 0 Å². The number of rotatable bonds is 0. The predicted molar refractivity (Wildman–Crippen MR) is 78.5 cm³/mol. The van der Waals surface area contributed by atoms with Crippen LogP contribution in [0, 0.1) is 17.8 Å². The van der Waals surface area contributed by atoms with Crippen molar-refractivity contribution < 1.29 is 0 Å². The predicted octanol–water partition coefficient (Wildman–Crippen LogP) is 4.69. The molecule has 0 saturated heterocycles. The van der Waals surface area contributed by atoms with Gasteiger partial charge in [-0.1, -0.05) is 56.9 Å². The van der Waals surface area contributed by atoms with Gasteiger partial charge in [0.2, 0.25) is 0 Å². The molecule has 94 valence electrons. The molecule has 0 radical (unpaired) electrons. The zero-order chi connectivity index (χ0) is 13.0. The molecule has 0 heteroatoms. The standard InChI is InChI=1S/C18H22/c1-18(2,3)17-13-11-16(12-14-17)10-9-15-7-5-4-6-8-15/h5,7,11-15H,4,6,8H2,1-3H3. The molecule has 1 aliphatic rings. The van der Waals surface area contributed by atoms with Crippen molar-refractivity contribution in [3.63, 3.8) is 0 Å². The summed E-state index contributed by atoms with van der Waals surface area (Å²) in [6.45, 7) is 6.71. The van der Waals surface area contributed by atoms with Crippen molar-refractivity contribution >= 4 is 0 Å².